The summed E-state index contributed by atoms with van der Waals surface area (Å²) in [5.41, 5.74) is 0.718. The molecule has 1 fully saturated rings. The van der Waals surface area contributed by atoms with Crippen LogP contribution in [0.5, 0.6) is 0 Å². The SMILES string of the molecule is CCCC1(CCC)CC(C)CCC1CC. The lowest BCUT2D eigenvalue weighted by molar-refractivity contribution is 0.0395. The zero-order valence-corrected chi connectivity index (χ0v) is 11.3. The van der Waals surface area contributed by atoms with Crippen LogP contribution in [0.15, 0.2) is 0 Å². The van der Waals surface area contributed by atoms with Crippen molar-refractivity contribution in [2.75, 3.05) is 0 Å². The Morgan fingerprint density at radius 3 is 2.07 bits per heavy atom. The molecule has 0 heterocycles. The third-order valence-electron chi connectivity index (χ3n) is 4.62. The Morgan fingerprint density at radius 1 is 1.00 bits per heavy atom. The van der Waals surface area contributed by atoms with Gasteiger partial charge >= 0.3 is 0 Å². The molecule has 0 heteroatoms. The van der Waals surface area contributed by atoms with Crippen LogP contribution in [0.1, 0.15) is 79.1 Å². The summed E-state index contributed by atoms with van der Waals surface area (Å²) in [6.45, 7) is 9.60. The molecule has 2 atom stereocenters. The van der Waals surface area contributed by atoms with Crippen LogP contribution in [0.4, 0.5) is 0 Å². The summed E-state index contributed by atoms with van der Waals surface area (Å²) >= 11 is 0. The summed E-state index contributed by atoms with van der Waals surface area (Å²) in [6, 6.07) is 0. The van der Waals surface area contributed by atoms with Gasteiger partial charge in [0.05, 0.1) is 0 Å². The molecule has 0 aliphatic heterocycles. The molecule has 0 bridgehead atoms. The molecule has 0 spiro atoms. The van der Waals surface area contributed by atoms with Crippen LogP contribution in [0.3, 0.4) is 0 Å². The quantitative estimate of drug-likeness (QED) is 0.568. The van der Waals surface area contributed by atoms with Crippen molar-refractivity contribution in [2.45, 2.75) is 79.1 Å². The monoisotopic (exact) mass is 210 g/mol. The zero-order valence-electron chi connectivity index (χ0n) is 11.3. The number of hydrogen-bond donors (Lipinski definition) is 0. The highest BCUT2D eigenvalue weighted by Crippen LogP contribution is 2.51. The van der Waals surface area contributed by atoms with Gasteiger partial charge in [-0.25, -0.2) is 0 Å². The third kappa shape index (κ3) is 2.98. The van der Waals surface area contributed by atoms with Crippen LogP contribution in [-0.4, -0.2) is 0 Å². The lowest BCUT2D eigenvalue weighted by Crippen LogP contribution is -2.36. The normalized spacial score (nSPS) is 30.4. The summed E-state index contributed by atoms with van der Waals surface area (Å²) in [6.07, 6.45) is 11.6. The van der Waals surface area contributed by atoms with Gasteiger partial charge in [-0.1, -0.05) is 53.4 Å². The molecule has 0 nitrogen and oxygen atoms in total. The molecule has 0 radical (unpaired) electrons. The van der Waals surface area contributed by atoms with Crippen molar-refractivity contribution in [3.63, 3.8) is 0 Å². The molecule has 0 aromatic rings. The topological polar surface area (TPSA) is 0 Å². The molecule has 15 heavy (non-hydrogen) atoms. The van der Waals surface area contributed by atoms with E-state index in [1.807, 2.05) is 0 Å². The highest BCUT2D eigenvalue weighted by molar-refractivity contribution is 4.90. The van der Waals surface area contributed by atoms with E-state index >= 15 is 0 Å². The molecule has 0 amide bonds. The zero-order chi connectivity index (χ0) is 11.3. The standard InChI is InChI=1S/C15H30/c1-5-10-15(11-6-2)12-13(4)8-9-14(15)7-3/h13-14H,5-12H2,1-4H3. The molecule has 2 unspecified atom stereocenters. The van der Waals surface area contributed by atoms with Crippen LogP contribution >= 0.6 is 0 Å². The molecular weight excluding hydrogens is 180 g/mol. The predicted molar refractivity (Wildman–Crippen MR) is 69.0 cm³/mol. The molecule has 0 saturated heterocycles. The van der Waals surface area contributed by atoms with Gasteiger partial charge < -0.3 is 0 Å². The molecule has 0 aromatic carbocycles. The van der Waals surface area contributed by atoms with Crippen LogP contribution in [0.25, 0.3) is 0 Å². The Labute approximate surface area is 96.8 Å². The van der Waals surface area contributed by atoms with E-state index in [4.69, 9.17) is 0 Å². The highest BCUT2D eigenvalue weighted by Gasteiger charge is 2.40. The van der Waals surface area contributed by atoms with Gasteiger partial charge in [-0.2, -0.15) is 0 Å². The first-order valence-electron chi connectivity index (χ1n) is 7.18. The number of rotatable bonds is 5. The van der Waals surface area contributed by atoms with Crippen LogP contribution < -0.4 is 0 Å². The average molecular weight is 210 g/mol. The van der Waals surface area contributed by atoms with Gasteiger partial charge in [0.2, 0.25) is 0 Å². The third-order valence-corrected chi connectivity index (χ3v) is 4.62. The van der Waals surface area contributed by atoms with Crippen LogP contribution in [0.2, 0.25) is 0 Å². The first-order valence-corrected chi connectivity index (χ1v) is 7.18. The van der Waals surface area contributed by atoms with E-state index < -0.39 is 0 Å². The number of hydrogen-bond acceptors (Lipinski definition) is 0. The molecule has 1 aliphatic carbocycles. The molecule has 1 saturated carbocycles. The Kier molecular flexibility index (Phi) is 5.15. The van der Waals surface area contributed by atoms with E-state index in [1.54, 1.807) is 0 Å². The summed E-state index contributed by atoms with van der Waals surface area (Å²) < 4.78 is 0. The second kappa shape index (κ2) is 5.92. The van der Waals surface area contributed by atoms with Gasteiger partial charge in [0, 0.05) is 0 Å². The largest absolute Gasteiger partial charge is 0.0654 e. The fourth-order valence-corrected chi connectivity index (χ4v) is 4.12. The maximum Gasteiger partial charge on any atom is -0.0267 e. The highest BCUT2D eigenvalue weighted by atomic mass is 14.4. The molecule has 1 rings (SSSR count). The molecule has 0 N–H and O–H groups in total. The second-order valence-corrected chi connectivity index (χ2v) is 5.85. The van der Waals surface area contributed by atoms with E-state index in [0.29, 0.717) is 0 Å². The van der Waals surface area contributed by atoms with E-state index in [9.17, 15) is 0 Å². The van der Waals surface area contributed by atoms with E-state index in [-0.39, 0.29) is 0 Å². The molecule has 0 aromatic heterocycles. The minimum absolute atomic E-state index is 0.718. The lowest BCUT2D eigenvalue weighted by atomic mass is 9.58. The van der Waals surface area contributed by atoms with Gasteiger partial charge in [-0.15, -0.1) is 0 Å². The van der Waals surface area contributed by atoms with E-state index in [1.165, 1.54) is 51.4 Å². The first-order chi connectivity index (χ1) is 7.18. The maximum atomic E-state index is 2.46. The van der Waals surface area contributed by atoms with E-state index in [2.05, 4.69) is 27.7 Å². The molecule has 90 valence electrons. The Hall–Kier alpha value is 0. The van der Waals surface area contributed by atoms with Crippen molar-refractivity contribution >= 4 is 0 Å². The molecule has 1 aliphatic rings. The van der Waals surface area contributed by atoms with Crippen molar-refractivity contribution in [3.8, 4) is 0 Å². The minimum Gasteiger partial charge on any atom is -0.0654 e. The second-order valence-electron chi connectivity index (χ2n) is 5.85. The van der Waals surface area contributed by atoms with Gasteiger partial charge in [0.25, 0.3) is 0 Å². The Morgan fingerprint density at radius 2 is 1.60 bits per heavy atom. The van der Waals surface area contributed by atoms with Crippen molar-refractivity contribution in [3.05, 3.63) is 0 Å². The van der Waals surface area contributed by atoms with Crippen molar-refractivity contribution in [1.82, 2.24) is 0 Å². The summed E-state index contributed by atoms with van der Waals surface area (Å²) in [4.78, 5) is 0. The van der Waals surface area contributed by atoms with Gasteiger partial charge in [-0.05, 0) is 42.9 Å². The van der Waals surface area contributed by atoms with Crippen molar-refractivity contribution in [1.29, 1.82) is 0 Å². The summed E-state index contributed by atoms with van der Waals surface area (Å²) in [7, 11) is 0. The van der Waals surface area contributed by atoms with E-state index in [0.717, 1.165) is 17.3 Å². The predicted octanol–water partition coefficient (Wildman–Crippen LogP) is 5.42. The lowest BCUT2D eigenvalue weighted by Gasteiger charge is -2.47. The summed E-state index contributed by atoms with van der Waals surface area (Å²) in [5, 5.41) is 0. The minimum atomic E-state index is 0.718. The smallest absolute Gasteiger partial charge is 0.0267 e. The fraction of sp³-hybridized carbons (Fsp3) is 1.00. The maximum absolute atomic E-state index is 2.46. The average Bonchev–Trinajstić information content (AvgIpc) is 2.18. The van der Waals surface area contributed by atoms with Gasteiger partial charge in [-0.3, -0.25) is 0 Å². The summed E-state index contributed by atoms with van der Waals surface area (Å²) in [5.74, 6) is 2.00. The van der Waals surface area contributed by atoms with Crippen molar-refractivity contribution in [2.24, 2.45) is 17.3 Å². The first kappa shape index (κ1) is 13.1. The van der Waals surface area contributed by atoms with Gasteiger partial charge in [0.1, 0.15) is 0 Å². The van der Waals surface area contributed by atoms with Crippen LogP contribution in [-0.2, 0) is 0 Å². The Bertz CT molecular complexity index is 165. The van der Waals surface area contributed by atoms with Crippen LogP contribution in [0, 0.1) is 17.3 Å². The Balaban J connectivity index is 2.76. The van der Waals surface area contributed by atoms with Gasteiger partial charge in [0.15, 0.2) is 0 Å². The fourth-order valence-electron chi connectivity index (χ4n) is 4.12. The molecular formula is C15H30. The van der Waals surface area contributed by atoms with Crippen molar-refractivity contribution < 1.29 is 0 Å².